The molecule has 1 aliphatic heterocycles. The maximum Gasteiger partial charge on any atom is 0.271 e. The zero-order valence-electron chi connectivity index (χ0n) is 17.7. The number of carbonyl (C=O) groups is 1. The average molecular weight is 468 g/mol. The van der Waals surface area contributed by atoms with E-state index in [-0.39, 0.29) is 27.9 Å². The highest BCUT2D eigenvalue weighted by Gasteiger charge is 2.23. The van der Waals surface area contributed by atoms with E-state index in [4.69, 9.17) is 4.74 Å². The molecule has 0 atom stereocenters. The molecule has 1 aliphatic rings. The number of rotatable bonds is 6. The maximum absolute atomic E-state index is 12.9. The first-order valence-corrected chi connectivity index (χ1v) is 11.6. The van der Waals surface area contributed by atoms with Crippen molar-refractivity contribution in [3.05, 3.63) is 93.5 Å². The van der Waals surface area contributed by atoms with Gasteiger partial charge < -0.3 is 9.64 Å². The molecular weight excluding hydrogens is 446 g/mol. The lowest BCUT2D eigenvalue weighted by Gasteiger charge is -2.29. The largest absolute Gasteiger partial charge is 0.495 e. The Morgan fingerprint density at radius 3 is 2.42 bits per heavy atom. The van der Waals surface area contributed by atoms with E-state index in [0.717, 1.165) is 18.1 Å². The number of nitro groups is 1. The van der Waals surface area contributed by atoms with Crippen molar-refractivity contribution >= 4 is 27.3 Å². The molecule has 0 unspecified atom stereocenters. The second-order valence-corrected chi connectivity index (χ2v) is 9.20. The third-order valence-electron chi connectivity index (χ3n) is 5.47. The second-order valence-electron chi connectivity index (χ2n) is 7.52. The highest BCUT2D eigenvalue weighted by Crippen LogP contribution is 2.31. The van der Waals surface area contributed by atoms with Crippen molar-refractivity contribution in [1.29, 1.82) is 0 Å². The molecule has 1 amide bonds. The van der Waals surface area contributed by atoms with Gasteiger partial charge in [0, 0.05) is 30.8 Å². The number of hydrogen-bond donors (Lipinski definition) is 1. The lowest BCUT2D eigenvalue weighted by molar-refractivity contribution is -0.384. The first kappa shape index (κ1) is 22.3. The van der Waals surface area contributed by atoms with Gasteiger partial charge in [0.2, 0.25) is 0 Å². The topological polar surface area (TPSA) is 119 Å². The summed E-state index contributed by atoms with van der Waals surface area (Å²) in [5, 5.41) is 11.0. The molecule has 0 aliphatic carbocycles. The third-order valence-corrected chi connectivity index (χ3v) is 6.85. The summed E-state index contributed by atoms with van der Waals surface area (Å²) in [6, 6.07) is 17.2. The van der Waals surface area contributed by atoms with Crippen LogP contribution in [0.5, 0.6) is 5.75 Å². The van der Waals surface area contributed by atoms with Gasteiger partial charge in [-0.25, -0.2) is 8.42 Å². The Morgan fingerprint density at radius 1 is 1.06 bits per heavy atom. The van der Waals surface area contributed by atoms with Crippen LogP contribution in [0.2, 0.25) is 0 Å². The zero-order valence-corrected chi connectivity index (χ0v) is 18.5. The number of non-ortho nitro benzene ring substituents is 1. The Balaban J connectivity index is 1.53. The van der Waals surface area contributed by atoms with Crippen LogP contribution < -0.4 is 9.46 Å². The molecule has 1 N–H and O–H groups in total. The molecule has 3 aromatic carbocycles. The molecule has 0 saturated heterocycles. The smallest absolute Gasteiger partial charge is 0.271 e. The summed E-state index contributed by atoms with van der Waals surface area (Å²) in [6.07, 6.45) is 0.767. The van der Waals surface area contributed by atoms with Crippen molar-refractivity contribution in [2.45, 2.75) is 17.9 Å². The number of nitro benzene ring substituents is 1. The van der Waals surface area contributed by atoms with Gasteiger partial charge in [0.25, 0.3) is 21.6 Å². The van der Waals surface area contributed by atoms with E-state index in [1.165, 1.54) is 49.1 Å². The Bertz CT molecular complexity index is 1320. The van der Waals surface area contributed by atoms with Crippen LogP contribution in [0.25, 0.3) is 0 Å². The van der Waals surface area contributed by atoms with Crippen LogP contribution in [0.15, 0.2) is 71.6 Å². The molecule has 0 fully saturated rings. The van der Waals surface area contributed by atoms with Gasteiger partial charge in [-0.05, 0) is 47.9 Å². The van der Waals surface area contributed by atoms with Gasteiger partial charge in [-0.15, -0.1) is 0 Å². The summed E-state index contributed by atoms with van der Waals surface area (Å²) in [6.45, 7) is 1.09. The van der Waals surface area contributed by atoms with Crippen LogP contribution in [0.3, 0.4) is 0 Å². The van der Waals surface area contributed by atoms with Crippen molar-refractivity contribution in [2.75, 3.05) is 18.4 Å². The van der Waals surface area contributed by atoms with Gasteiger partial charge in [-0.2, -0.15) is 0 Å². The molecule has 0 spiro atoms. The molecule has 10 heteroatoms. The summed E-state index contributed by atoms with van der Waals surface area (Å²) in [5.41, 5.74) is 2.37. The number of sulfonamides is 1. The van der Waals surface area contributed by atoms with Crippen molar-refractivity contribution in [3.63, 3.8) is 0 Å². The van der Waals surface area contributed by atoms with E-state index in [9.17, 15) is 23.3 Å². The number of anilines is 1. The van der Waals surface area contributed by atoms with Gasteiger partial charge in [0.15, 0.2) is 0 Å². The molecule has 0 radical (unpaired) electrons. The molecular formula is C23H21N3O6S. The number of nitrogens with zero attached hydrogens (tertiary/aromatic N) is 2. The van der Waals surface area contributed by atoms with Gasteiger partial charge in [0.1, 0.15) is 5.75 Å². The van der Waals surface area contributed by atoms with Gasteiger partial charge in [-0.3, -0.25) is 19.6 Å². The Morgan fingerprint density at radius 2 is 1.76 bits per heavy atom. The molecule has 3 aromatic rings. The van der Waals surface area contributed by atoms with E-state index in [1.807, 2.05) is 18.2 Å². The minimum absolute atomic E-state index is 0.0566. The molecule has 1 heterocycles. The average Bonchev–Trinajstić information content (AvgIpc) is 2.83. The quantitative estimate of drug-likeness (QED) is 0.437. The Labute approximate surface area is 190 Å². The molecule has 9 nitrogen and oxygen atoms in total. The standard InChI is InChI=1S/C23H21N3O6S/c1-32-22-11-8-19(26(28)29)14-21(22)24-33(30,31)20-9-6-17(7-10-20)23(27)25-13-12-16-4-2-3-5-18(16)15-25/h2-11,14,24H,12-13,15H2,1H3. The SMILES string of the molecule is COc1ccc([N+](=O)[O-])cc1NS(=O)(=O)c1ccc(C(=O)N2CCc3ccccc3C2)cc1. The van der Waals surface area contributed by atoms with Crippen LogP contribution in [0.4, 0.5) is 11.4 Å². The number of fused-ring (bicyclic) bond motifs is 1. The minimum Gasteiger partial charge on any atom is -0.495 e. The first-order chi connectivity index (χ1) is 15.8. The number of benzene rings is 3. The van der Waals surface area contributed by atoms with Crippen LogP contribution >= 0.6 is 0 Å². The number of carbonyl (C=O) groups excluding carboxylic acids is 1. The number of amides is 1. The number of hydrogen-bond acceptors (Lipinski definition) is 6. The fourth-order valence-electron chi connectivity index (χ4n) is 3.72. The van der Waals surface area contributed by atoms with E-state index >= 15 is 0 Å². The highest BCUT2D eigenvalue weighted by atomic mass is 32.2. The van der Waals surface area contributed by atoms with Crippen molar-refractivity contribution in [1.82, 2.24) is 4.90 Å². The Hall–Kier alpha value is -3.92. The number of ether oxygens (including phenoxy) is 1. The summed E-state index contributed by atoms with van der Waals surface area (Å²) >= 11 is 0. The predicted octanol–water partition coefficient (Wildman–Crippen LogP) is 3.60. The second kappa shape index (κ2) is 8.91. The summed E-state index contributed by atoms with van der Waals surface area (Å²) in [5.74, 6) is -0.0388. The lowest BCUT2D eigenvalue weighted by atomic mass is 9.99. The van der Waals surface area contributed by atoms with E-state index in [1.54, 1.807) is 4.90 Å². The lowest BCUT2D eigenvalue weighted by Crippen LogP contribution is -2.35. The van der Waals surface area contributed by atoms with Crippen LogP contribution in [0, 0.1) is 10.1 Å². The fraction of sp³-hybridized carbons (Fsp3) is 0.174. The Kier molecular flexibility index (Phi) is 6.01. The molecule has 4 rings (SSSR count). The van der Waals surface area contributed by atoms with Gasteiger partial charge >= 0.3 is 0 Å². The molecule has 0 aromatic heterocycles. The van der Waals surface area contributed by atoms with Crippen LogP contribution in [-0.4, -0.2) is 37.8 Å². The molecule has 0 saturated carbocycles. The molecule has 33 heavy (non-hydrogen) atoms. The third kappa shape index (κ3) is 4.65. The summed E-state index contributed by atoms with van der Waals surface area (Å²) < 4.78 is 33.1. The van der Waals surface area contributed by atoms with Crippen molar-refractivity contribution in [3.8, 4) is 5.75 Å². The molecule has 0 bridgehead atoms. The maximum atomic E-state index is 12.9. The van der Waals surface area contributed by atoms with E-state index < -0.39 is 14.9 Å². The monoisotopic (exact) mass is 467 g/mol. The van der Waals surface area contributed by atoms with Crippen LogP contribution in [0.1, 0.15) is 21.5 Å². The van der Waals surface area contributed by atoms with E-state index in [2.05, 4.69) is 10.8 Å². The van der Waals surface area contributed by atoms with Crippen molar-refractivity contribution in [2.24, 2.45) is 0 Å². The van der Waals surface area contributed by atoms with Crippen molar-refractivity contribution < 1.29 is 22.9 Å². The predicted molar refractivity (Wildman–Crippen MR) is 122 cm³/mol. The fourth-order valence-corrected chi connectivity index (χ4v) is 4.78. The molecule has 170 valence electrons. The zero-order chi connectivity index (χ0) is 23.6. The highest BCUT2D eigenvalue weighted by molar-refractivity contribution is 7.92. The minimum atomic E-state index is -4.07. The van der Waals surface area contributed by atoms with Crippen LogP contribution in [-0.2, 0) is 23.0 Å². The number of nitrogens with one attached hydrogen (secondary N) is 1. The summed E-state index contributed by atoms with van der Waals surface area (Å²) in [4.78, 5) is 25.0. The van der Waals surface area contributed by atoms with E-state index in [0.29, 0.717) is 18.7 Å². The summed E-state index contributed by atoms with van der Waals surface area (Å²) in [7, 11) is -2.74. The van der Waals surface area contributed by atoms with Gasteiger partial charge in [0.05, 0.1) is 22.6 Å². The number of methoxy groups -OCH3 is 1. The first-order valence-electron chi connectivity index (χ1n) is 10.1. The normalized spacial score (nSPS) is 13.2. The van der Waals surface area contributed by atoms with Gasteiger partial charge in [-0.1, -0.05) is 24.3 Å².